The predicted octanol–water partition coefficient (Wildman–Crippen LogP) is 1.16. The van der Waals surface area contributed by atoms with Gasteiger partial charge in [-0.1, -0.05) is 6.92 Å². The van der Waals surface area contributed by atoms with Crippen molar-refractivity contribution in [2.75, 3.05) is 26.2 Å². The van der Waals surface area contributed by atoms with Crippen LogP contribution in [0.2, 0.25) is 0 Å². The van der Waals surface area contributed by atoms with Crippen LogP contribution < -0.4 is 5.73 Å². The van der Waals surface area contributed by atoms with Crippen molar-refractivity contribution in [3.05, 3.63) is 0 Å². The van der Waals surface area contributed by atoms with Crippen molar-refractivity contribution >= 4 is 0 Å². The molecule has 0 radical (unpaired) electrons. The van der Waals surface area contributed by atoms with Crippen molar-refractivity contribution in [3.63, 3.8) is 0 Å². The van der Waals surface area contributed by atoms with Crippen LogP contribution in [-0.2, 0) is 0 Å². The van der Waals surface area contributed by atoms with Gasteiger partial charge in [0.2, 0.25) is 0 Å². The molecule has 1 rings (SSSR count). The predicted molar refractivity (Wildman–Crippen MR) is 48.9 cm³/mol. The second-order valence-electron chi connectivity index (χ2n) is 3.64. The lowest BCUT2D eigenvalue weighted by atomic mass is 9.97. The number of halogens is 1. The third-order valence-corrected chi connectivity index (χ3v) is 2.79. The van der Waals surface area contributed by atoms with Crippen molar-refractivity contribution in [1.82, 2.24) is 4.90 Å². The summed E-state index contributed by atoms with van der Waals surface area (Å²) in [5, 5.41) is 0. The zero-order valence-corrected chi connectivity index (χ0v) is 7.85. The summed E-state index contributed by atoms with van der Waals surface area (Å²) in [5.74, 6) is 0. The molecule has 0 aromatic carbocycles. The van der Waals surface area contributed by atoms with E-state index in [0.29, 0.717) is 12.8 Å². The van der Waals surface area contributed by atoms with Crippen LogP contribution in [0.1, 0.15) is 26.2 Å². The third-order valence-electron chi connectivity index (χ3n) is 2.79. The average Bonchev–Trinajstić information content (AvgIpc) is 2.28. The lowest BCUT2D eigenvalue weighted by Crippen LogP contribution is -2.34. The van der Waals surface area contributed by atoms with E-state index in [1.54, 1.807) is 0 Å². The molecule has 72 valence electrons. The van der Waals surface area contributed by atoms with Gasteiger partial charge in [-0.25, -0.2) is 4.39 Å². The van der Waals surface area contributed by atoms with E-state index >= 15 is 0 Å². The van der Waals surface area contributed by atoms with E-state index in [-0.39, 0.29) is 6.54 Å². The normalized spacial score (nSPS) is 33.2. The number of alkyl halides is 1. The molecule has 1 aliphatic heterocycles. The highest BCUT2D eigenvalue weighted by atomic mass is 19.1. The average molecular weight is 174 g/mol. The molecular weight excluding hydrogens is 155 g/mol. The SMILES string of the molecule is CCN1CCCC(F)(CN)CC1. The number of hydrogen-bond acceptors (Lipinski definition) is 2. The Balaban J connectivity index is 2.44. The third kappa shape index (κ3) is 2.42. The summed E-state index contributed by atoms with van der Waals surface area (Å²) in [6, 6.07) is 0. The maximum absolute atomic E-state index is 13.7. The number of nitrogens with zero attached hydrogens (tertiary/aromatic N) is 1. The van der Waals surface area contributed by atoms with Crippen LogP contribution in [0, 0.1) is 0 Å². The fourth-order valence-electron chi connectivity index (χ4n) is 1.74. The molecule has 1 saturated heterocycles. The molecule has 1 fully saturated rings. The van der Waals surface area contributed by atoms with Crippen LogP contribution in [0.4, 0.5) is 4.39 Å². The molecule has 0 spiro atoms. The maximum Gasteiger partial charge on any atom is 0.124 e. The van der Waals surface area contributed by atoms with E-state index in [9.17, 15) is 4.39 Å². The zero-order valence-electron chi connectivity index (χ0n) is 7.85. The first-order chi connectivity index (χ1) is 5.70. The number of likely N-dealkylation sites (tertiary alicyclic amines) is 1. The number of hydrogen-bond donors (Lipinski definition) is 1. The Morgan fingerprint density at radius 3 is 2.75 bits per heavy atom. The van der Waals surface area contributed by atoms with Gasteiger partial charge in [-0.2, -0.15) is 0 Å². The molecule has 0 aliphatic carbocycles. The molecule has 2 nitrogen and oxygen atoms in total. The van der Waals surface area contributed by atoms with Crippen molar-refractivity contribution in [2.24, 2.45) is 5.73 Å². The number of nitrogens with two attached hydrogens (primary N) is 1. The highest BCUT2D eigenvalue weighted by molar-refractivity contribution is 4.84. The largest absolute Gasteiger partial charge is 0.328 e. The summed E-state index contributed by atoms with van der Waals surface area (Å²) in [4.78, 5) is 2.29. The first-order valence-electron chi connectivity index (χ1n) is 4.81. The molecule has 1 aliphatic rings. The summed E-state index contributed by atoms with van der Waals surface area (Å²) < 4.78 is 13.7. The summed E-state index contributed by atoms with van der Waals surface area (Å²) >= 11 is 0. The molecule has 1 unspecified atom stereocenters. The van der Waals surface area contributed by atoms with Crippen molar-refractivity contribution < 1.29 is 4.39 Å². The van der Waals surface area contributed by atoms with Gasteiger partial charge in [-0.3, -0.25) is 0 Å². The van der Waals surface area contributed by atoms with E-state index in [2.05, 4.69) is 11.8 Å². The smallest absolute Gasteiger partial charge is 0.124 e. The lowest BCUT2D eigenvalue weighted by molar-refractivity contribution is 0.148. The lowest BCUT2D eigenvalue weighted by Gasteiger charge is -2.21. The fourth-order valence-corrected chi connectivity index (χ4v) is 1.74. The van der Waals surface area contributed by atoms with Gasteiger partial charge in [0.25, 0.3) is 0 Å². The van der Waals surface area contributed by atoms with Gasteiger partial charge < -0.3 is 10.6 Å². The van der Waals surface area contributed by atoms with Gasteiger partial charge in [0.15, 0.2) is 0 Å². The summed E-state index contributed by atoms with van der Waals surface area (Å²) in [6.45, 7) is 5.23. The van der Waals surface area contributed by atoms with Gasteiger partial charge in [0.05, 0.1) is 0 Å². The van der Waals surface area contributed by atoms with Gasteiger partial charge in [-0.05, 0) is 32.4 Å². The van der Waals surface area contributed by atoms with Crippen molar-refractivity contribution in [1.29, 1.82) is 0 Å². The molecule has 12 heavy (non-hydrogen) atoms. The minimum absolute atomic E-state index is 0.185. The minimum Gasteiger partial charge on any atom is -0.328 e. The molecule has 0 bridgehead atoms. The van der Waals surface area contributed by atoms with E-state index in [0.717, 1.165) is 26.1 Å². The van der Waals surface area contributed by atoms with Crippen molar-refractivity contribution in [2.45, 2.75) is 31.9 Å². The van der Waals surface area contributed by atoms with Gasteiger partial charge >= 0.3 is 0 Å². The quantitative estimate of drug-likeness (QED) is 0.680. The summed E-state index contributed by atoms with van der Waals surface area (Å²) in [5.41, 5.74) is 4.32. The molecular formula is C9H19FN2. The first-order valence-corrected chi connectivity index (χ1v) is 4.81. The zero-order chi connectivity index (χ0) is 9.03. The molecule has 0 amide bonds. The topological polar surface area (TPSA) is 29.3 Å². The van der Waals surface area contributed by atoms with Gasteiger partial charge in [-0.15, -0.1) is 0 Å². The molecule has 1 atom stereocenters. The second kappa shape index (κ2) is 4.19. The Hall–Kier alpha value is -0.150. The molecule has 2 N–H and O–H groups in total. The second-order valence-corrected chi connectivity index (χ2v) is 3.64. The van der Waals surface area contributed by atoms with Gasteiger partial charge in [0, 0.05) is 13.1 Å². The molecule has 1 heterocycles. The monoisotopic (exact) mass is 174 g/mol. The highest BCUT2D eigenvalue weighted by Crippen LogP contribution is 2.24. The Morgan fingerprint density at radius 2 is 2.17 bits per heavy atom. The number of rotatable bonds is 2. The maximum atomic E-state index is 13.7. The first kappa shape index (κ1) is 9.93. The Morgan fingerprint density at radius 1 is 1.42 bits per heavy atom. The van der Waals surface area contributed by atoms with E-state index < -0.39 is 5.67 Å². The standard InChI is InChI=1S/C9H19FN2/c1-2-12-6-3-4-9(10,8-11)5-7-12/h2-8,11H2,1H3. The van der Waals surface area contributed by atoms with E-state index in [4.69, 9.17) is 5.73 Å². The fraction of sp³-hybridized carbons (Fsp3) is 1.00. The molecule has 0 aromatic heterocycles. The van der Waals surface area contributed by atoms with Crippen LogP contribution in [0.5, 0.6) is 0 Å². The Bertz CT molecular complexity index is 140. The Kier molecular flexibility index (Phi) is 3.47. The molecule has 0 saturated carbocycles. The van der Waals surface area contributed by atoms with Gasteiger partial charge in [0.1, 0.15) is 5.67 Å². The van der Waals surface area contributed by atoms with Crippen LogP contribution in [0.15, 0.2) is 0 Å². The molecule has 3 heteroatoms. The van der Waals surface area contributed by atoms with Crippen LogP contribution in [0.3, 0.4) is 0 Å². The van der Waals surface area contributed by atoms with Crippen LogP contribution in [0.25, 0.3) is 0 Å². The van der Waals surface area contributed by atoms with Crippen molar-refractivity contribution in [3.8, 4) is 0 Å². The summed E-state index contributed by atoms with van der Waals surface area (Å²) in [7, 11) is 0. The van der Waals surface area contributed by atoms with E-state index in [1.807, 2.05) is 0 Å². The van der Waals surface area contributed by atoms with Crippen LogP contribution >= 0.6 is 0 Å². The minimum atomic E-state index is -1.08. The summed E-state index contributed by atoms with van der Waals surface area (Å²) in [6.07, 6.45) is 2.19. The molecule has 0 aromatic rings. The highest BCUT2D eigenvalue weighted by Gasteiger charge is 2.30. The van der Waals surface area contributed by atoms with Crippen LogP contribution in [-0.4, -0.2) is 36.7 Å². The Labute approximate surface area is 73.9 Å². The van der Waals surface area contributed by atoms with E-state index in [1.165, 1.54) is 0 Å².